The molecule has 2 heterocycles. The van der Waals surface area contributed by atoms with Crippen LogP contribution in [-0.4, -0.2) is 19.2 Å². The van der Waals surface area contributed by atoms with Gasteiger partial charge in [-0.05, 0) is 42.4 Å². The first-order valence-electron chi connectivity index (χ1n) is 7.22. The van der Waals surface area contributed by atoms with Gasteiger partial charge in [0.25, 0.3) is 0 Å². The standard InChI is InChI=1S/C16H22FNO/c1-11(2)7-16(9-18-10-16)8-14-6-12-5-13(17)3-4-15(12)19-14/h3-5,11,14,18H,6-10H2,1-2H3. The first-order chi connectivity index (χ1) is 9.06. The van der Waals surface area contributed by atoms with Crippen LogP contribution in [0.25, 0.3) is 0 Å². The van der Waals surface area contributed by atoms with Gasteiger partial charge in [0, 0.05) is 25.1 Å². The molecule has 1 N–H and O–H groups in total. The quantitative estimate of drug-likeness (QED) is 0.901. The van der Waals surface area contributed by atoms with Crippen LogP contribution >= 0.6 is 0 Å². The molecule has 2 aliphatic rings. The second-order valence-electron chi connectivity index (χ2n) is 6.60. The van der Waals surface area contributed by atoms with Crippen molar-refractivity contribution in [2.24, 2.45) is 11.3 Å². The molecule has 0 bridgehead atoms. The van der Waals surface area contributed by atoms with Crippen LogP contribution < -0.4 is 10.1 Å². The van der Waals surface area contributed by atoms with E-state index < -0.39 is 0 Å². The Morgan fingerprint density at radius 1 is 1.42 bits per heavy atom. The van der Waals surface area contributed by atoms with E-state index in [2.05, 4.69) is 19.2 Å². The number of ether oxygens (including phenoxy) is 1. The van der Waals surface area contributed by atoms with Crippen molar-refractivity contribution in [2.75, 3.05) is 13.1 Å². The van der Waals surface area contributed by atoms with E-state index in [1.807, 2.05) is 0 Å². The molecule has 0 aliphatic carbocycles. The molecular formula is C16H22FNO. The van der Waals surface area contributed by atoms with Gasteiger partial charge in [-0.2, -0.15) is 0 Å². The third kappa shape index (κ3) is 2.62. The molecule has 1 unspecified atom stereocenters. The predicted molar refractivity (Wildman–Crippen MR) is 73.9 cm³/mol. The Morgan fingerprint density at radius 2 is 2.21 bits per heavy atom. The fourth-order valence-corrected chi connectivity index (χ4v) is 3.60. The molecule has 2 nitrogen and oxygen atoms in total. The van der Waals surface area contributed by atoms with Crippen molar-refractivity contribution in [3.05, 3.63) is 29.6 Å². The van der Waals surface area contributed by atoms with E-state index in [1.165, 1.54) is 12.5 Å². The molecule has 104 valence electrons. The van der Waals surface area contributed by atoms with Crippen molar-refractivity contribution >= 4 is 0 Å². The summed E-state index contributed by atoms with van der Waals surface area (Å²) in [5.41, 5.74) is 1.41. The number of nitrogens with one attached hydrogen (secondary N) is 1. The summed E-state index contributed by atoms with van der Waals surface area (Å²) in [6, 6.07) is 4.86. The maximum atomic E-state index is 13.2. The molecule has 1 aromatic carbocycles. The Bertz CT molecular complexity index is 468. The van der Waals surface area contributed by atoms with Crippen LogP contribution in [-0.2, 0) is 6.42 Å². The fourth-order valence-electron chi connectivity index (χ4n) is 3.60. The molecule has 1 atom stereocenters. The second-order valence-corrected chi connectivity index (χ2v) is 6.60. The minimum Gasteiger partial charge on any atom is -0.490 e. The van der Waals surface area contributed by atoms with Gasteiger partial charge in [0.05, 0.1) is 0 Å². The van der Waals surface area contributed by atoms with Crippen molar-refractivity contribution in [1.29, 1.82) is 0 Å². The molecule has 19 heavy (non-hydrogen) atoms. The fraction of sp³-hybridized carbons (Fsp3) is 0.625. The molecule has 1 aromatic rings. The van der Waals surface area contributed by atoms with Gasteiger partial charge in [-0.1, -0.05) is 13.8 Å². The average Bonchev–Trinajstić information content (AvgIpc) is 2.66. The zero-order valence-electron chi connectivity index (χ0n) is 11.7. The molecule has 0 amide bonds. The minimum atomic E-state index is -0.162. The summed E-state index contributed by atoms with van der Waals surface area (Å²) < 4.78 is 19.2. The Balaban J connectivity index is 1.66. The van der Waals surface area contributed by atoms with E-state index >= 15 is 0 Å². The van der Waals surface area contributed by atoms with Crippen LogP contribution in [0.15, 0.2) is 18.2 Å². The van der Waals surface area contributed by atoms with Crippen LogP contribution in [0, 0.1) is 17.2 Å². The van der Waals surface area contributed by atoms with Crippen molar-refractivity contribution in [3.8, 4) is 5.75 Å². The number of fused-ring (bicyclic) bond motifs is 1. The van der Waals surface area contributed by atoms with E-state index in [4.69, 9.17) is 4.74 Å². The van der Waals surface area contributed by atoms with Crippen LogP contribution in [0.5, 0.6) is 5.75 Å². The van der Waals surface area contributed by atoms with Gasteiger partial charge in [0.15, 0.2) is 0 Å². The Hall–Kier alpha value is -1.09. The highest BCUT2D eigenvalue weighted by Gasteiger charge is 2.41. The van der Waals surface area contributed by atoms with Crippen LogP contribution in [0.2, 0.25) is 0 Å². The lowest BCUT2D eigenvalue weighted by molar-refractivity contribution is 0.0633. The summed E-state index contributed by atoms with van der Waals surface area (Å²) in [7, 11) is 0. The first-order valence-corrected chi connectivity index (χ1v) is 7.22. The molecular weight excluding hydrogens is 241 g/mol. The Morgan fingerprint density at radius 3 is 2.84 bits per heavy atom. The van der Waals surface area contributed by atoms with Crippen molar-refractivity contribution in [3.63, 3.8) is 0 Å². The molecule has 0 spiro atoms. The predicted octanol–water partition coefficient (Wildman–Crippen LogP) is 3.16. The van der Waals surface area contributed by atoms with Gasteiger partial charge < -0.3 is 10.1 Å². The Labute approximate surface area is 114 Å². The molecule has 2 aliphatic heterocycles. The first kappa shape index (κ1) is 12.9. The van der Waals surface area contributed by atoms with Crippen LogP contribution in [0.1, 0.15) is 32.3 Å². The number of hydrogen-bond donors (Lipinski definition) is 1. The lowest BCUT2D eigenvalue weighted by Gasteiger charge is -2.45. The third-order valence-corrected chi connectivity index (χ3v) is 4.27. The summed E-state index contributed by atoms with van der Waals surface area (Å²) in [5.74, 6) is 1.42. The molecule has 1 fully saturated rings. The lowest BCUT2D eigenvalue weighted by atomic mass is 9.71. The minimum absolute atomic E-state index is 0.162. The van der Waals surface area contributed by atoms with Gasteiger partial charge in [-0.3, -0.25) is 0 Å². The highest BCUT2D eigenvalue weighted by molar-refractivity contribution is 5.38. The average molecular weight is 263 g/mol. The second kappa shape index (κ2) is 4.78. The SMILES string of the molecule is CC(C)CC1(CC2Cc3cc(F)ccc3O2)CNC1. The van der Waals surface area contributed by atoms with Crippen LogP contribution in [0.4, 0.5) is 4.39 Å². The van der Waals surface area contributed by atoms with Gasteiger partial charge in [-0.15, -0.1) is 0 Å². The molecule has 0 aromatic heterocycles. The zero-order chi connectivity index (χ0) is 13.5. The summed E-state index contributed by atoms with van der Waals surface area (Å²) >= 11 is 0. The van der Waals surface area contributed by atoms with Crippen molar-refractivity contribution < 1.29 is 9.13 Å². The van der Waals surface area contributed by atoms with Gasteiger partial charge >= 0.3 is 0 Å². The summed E-state index contributed by atoms with van der Waals surface area (Å²) in [6.07, 6.45) is 3.39. The van der Waals surface area contributed by atoms with E-state index in [0.29, 0.717) is 11.3 Å². The summed E-state index contributed by atoms with van der Waals surface area (Å²) in [4.78, 5) is 0. The maximum absolute atomic E-state index is 13.2. The number of halogens is 1. The molecule has 3 heteroatoms. The van der Waals surface area contributed by atoms with Gasteiger partial charge in [-0.25, -0.2) is 4.39 Å². The normalized spacial score (nSPS) is 23.9. The largest absolute Gasteiger partial charge is 0.490 e. The number of hydrogen-bond acceptors (Lipinski definition) is 2. The number of rotatable bonds is 4. The van der Waals surface area contributed by atoms with E-state index in [0.717, 1.165) is 37.2 Å². The van der Waals surface area contributed by atoms with Crippen molar-refractivity contribution in [2.45, 2.75) is 39.2 Å². The zero-order valence-corrected chi connectivity index (χ0v) is 11.7. The topological polar surface area (TPSA) is 21.3 Å². The highest BCUT2D eigenvalue weighted by atomic mass is 19.1. The highest BCUT2D eigenvalue weighted by Crippen LogP contribution is 2.40. The van der Waals surface area contributed by atoms with Crippen LogP contribution in [0.3, 0.4) is 0 Å². The lowest BCUT2D eigenvalue weighted by Crippen LogP contribution is -2.55. The molecule has 0 radical (unpaired) electrons. The van der Waals surface area contributed by atoms with Gasteiger partial charge in [0.2, 0.25) is 0 Å². The summed E-state index contributed by atoms with van der Waals surface area (Å²) in [6.45, 7) is 6.74. The summed E-state index contributed by atoms with van der Waals surface area (Å²) in [5, 5.41) is 3.40. The van der Waals surface area contributed by atoms with E-state index in [9.17, 15) is 4.39 Å². The molecule has 0 saturated carbocycles. The number of benzene rings is 1. The molecule has 3 rings (SSSR count). The van der Waals surface area contributed by atoms with Crippen molar-refractivity contribution in [1.82, 2.24) is 5.32 Å². The third-order valence-electron chi connectivity index (χ3n) is 4.27. The van der Waals surface area contributed by atoms with Gasteiger partial charge in [0.1, 0.15) is 17.7 Å². The Kier molecular flexibility index (Phi) is 3.25. The maximum Gasteiger partial charge on any atom is 0.123 e. The molecule has 1 saturated heterocycles. The van der Waals surface area contributed by atoms with E-state index in [1.54, 1.807) is 12.1 Å². The monoisotopic (exact) mass is 263 g/mol. The van der Waals surface area contributed by atoms with E-state index in [-0.39, 0.29) is 11.9 Å². The smallest absolute Gasteiger partial charge is 0.123 e.